The topological polar surface area (TPSA) is 89.8 Å². The number of nitriles is 1. The first-order valence-electron chi connectivity index (χ1n) is 9.45. The highest BCUT2D eigenvalue weighted by Crippen LogP contribution is 2.39. The van der Waals surface area contributed by atoms with Gasteiger partial charge in [0, 0.05) is 23.7 Å². The van der Waals surface area contributed by atoms with Gasteiger partial charge in [-0.15, -0.1) is 11.3 Å². The Morgan fingerprint density at radius 1 is 1.17 bits per heavy atom. The van der Waals surface area contributed by atoms with Gasteiger partial charge in [-0.1, -0.05) is 30.3 Å². The summed E-state index contributed by atoms with van der Waals surface area (Å²) in [5, 5.41) is 17.0. The van der Waals surface area contributed by atoms with Gasteiger partial charge in [-0.3, -0.25) is 5.10 Å². The number of nitrogens with one attached hydrogen (secondary N) is 1. The molecule has 3 aromatic rings. The van der Waals surface area contributed by atoms with Crippen molar-refractivity contribution in [3.05, 3.63) is 58.6 Å². The van der Waals surface area contributed by atoms with Gasteiger partial charge in [-0.2, -0.15) is 14.7 Å². The number of nitrogens with zero attached hydrogens (tertiary/aromatic N) is 3. The summed E-state index contributed by atoms with van der Waals surface area (Å²) >= 11 is 1.43. The van der Waals surface area contributed by atoms with Crippen molar-refractivity contribution in [2.45, 2.75) is 37.0 Å². The summed E-state index contributed by atoms with van der Waals surface area (Å²) in [4.78, 5) is 1.92. The molecule has 1 aliphatic rings. The van der Waals surface area contributed by atoms with Gasteiger partial charge in [0.05, 0.1) is 21.3 Å². The molecule has 0 radical (unpaired) electrons. The molecule has 1 N–H and O–H groups in total. The van der Waals surface area contributed by atoms with Crippen LogP contribution < -0.4 is 0 Å². The molecule has 0 unspecified atom stereocenters. The maximum Gasteiger partial charge on any atom is 0.244 e. The number of hydrogen-bond donors (Lipinski definition) is 1. The van der Waals surface area contributed by atoms with Crippen molar-refractivity contribution in [2.75, 3.05) is 13.1 Å². The van der Waals surface area contributed by atoms with Crippen LogP contribution in [0.4, 0.5) is 0 Å². The van der Waals surface area contributed by atoms with E-state index in [0.717, 1.165) is 26.7 Å². The first-order chi connectivity index (χ1) is 13.9. The highest BCUT2D eigenvalue weighted by atomic mass is 32.2. The second kappa shape index (κ2) is 7.41. The van der Waals surface area contributed by atoms with Crippen LogP contribution in [0.3, 0.4) is 0 Å². The van der Waals surface area contributed by atoms with Crippen molar-refractivity contribution >= 4 is 21.4 Å². The zero-order chi connectivity index (χ0) is 20.6. The Kier molecular flexibility index (Phi) is 5.07. The average molecular weight is 427 g/mol. The van der Waals surface area contributed by atoms with E-state index >= 15 is 0 Å². The molecule has 1 aromatic carbocycles. The molecule has 0 spiro atoms. The number of aromatic nitrogens is 2. The summed E-state index contributed by atoms with van der Waals surface area (Å²) in [6.45, 7) is 4.40. The van der Waals surface area contributed by atoms with E-state index in [1.807, 2.05) is 50.2 Å². The van der Waals surface area contributed by atoms with Crippen molar-refractivity contribution in [1.82, 2.24) is 14.5 Å². The largest absolute Gasteiger partial charge is 0.282 e. The van der Waals surface area contributed by atoms with Crippen molar-refractivity contribution in [1.29, 1.82) is 5.26 Å². The Morgan fingerprint density at radius 3 is 2.45 bits per heavy atom. The van der Waals surface area contributed by atoms with Gasteiger partial charge in [0.2, 0.25) is 10.0 Å². The van der Waals surface area contributed by atoms with Gasteiger partial charge < -0.3 is 0 Å². The van der Waals surface area contributed by atoms with E-state index in [2.05, 4.69) is 16.3 Å². The van der Waals surface area contributed by atoms with Crippen LogP contribution in [-0.2, 0) is 15.4 Å². The van der Waals surface area contributed by atoms with E-state index in [1.165, 1.54) is 15.6 Å². The molecule has 0 amide bonds. The number of thiophene rings is 1. The van der Waals surface area contributed by atoms with E-state index < -0.39 is 15.4 Å². The van der Waals surface area contributed by atoms with Gasteiger partial charge >= 0.3 is 0 Å². The number of benzene rings is 1. The van der Waals surface area contributed by atoms with Crippen LogP contribution in [0.25, 0.3) is 10.6 Å². The Labute approximate surface area is 174 Å². The van der Waals surface area contributed by atoms with Crippen LogP contribution in [0.1, 0.15) is 29.0 Å². The number of aromatic amines is 1. The maximum absolute atomic E-state index is 13.3. The lowest BCUT2D eigenvalue weighted by Gasteiger charge is -2.36. The molecular weight excluding hydrogens is 404 g/mol. The second-order valence-electron chi connectivity index (χ2n) is 7.43. The lowest BCUT2D eigenvalue weighted by atomic mass is 9.74. The summed E-state index contributed by atoms with van der Waals surface area (Å²) < 4.78 is 28.1. The summed E-state index contributed by atoms with van der Waals surface area (Å²) in [5.74, 6) is 0. The van der Waals surface area contributed by atoms with Crippen LogP contribution in [0, 0.1) is 25.2 Å². The van der Waals surface area contributed by atoms with Gasteiger partial charge in [0.25, 0.3) is 0 Å². The highest BCUT2D eigenvalue weighted by molar-refractivity contribution is 7.89. The summed E-state index contributed by atoms with van der Waals surface area (Å²) in [6.07, 6.45) is 0.975. The minimum Gasteiger partial charge on any atom is -0.282 e. The average Bonchev–Trinajstić information content (AvgIpc) is 3.34. The van der Waals surface area contributed by atoms with E-state index in [1.54, 1.807) is 6.07 Å². The van der Waals surface area contributed by atoms with Gasteiger partial charge in [-0.25, -0.2) is 8.42 Å². The fraction of sp³-hybridized carbons (Fsp3) is 0.333. The van der Waals surface area contributed by atoms with E-state index in [0.29, 0.717) is 30.8 Å². The van der Waals surface area contributed by atoms with Crippen LogP contribution in [0.15, 0.2) is 47.4 Å². The molecule has 6 nitrogen and oxygen atoms in total. The van der Waals surface area contributed by atoms with Crippen molar-refractivity contribution in [3.63, 3.8) is 0 Å². The van der Waals surface area contributed by atoms with Crippen LogP contribution in [0.2, 0.25) is 0 Å². The molecule has 0 atom stereocenters. The molecule has 1 saturated heterocycles. The number of piperidine rings is 1. The van der Waals surface area contributed by atoms with Gasteiger partial charge in [-0.05, 0) is 44.4 Å². The van der Waals surface area contributed by atoms with Crippen molar-refractivity contribution < 1.29 is 8.42 Å². The smallest absolute Gasteiger partial charge is 0.244 e. The maximum atomic E-state index is 13.3. The highest BCUT2D eigenvalue weighted by Gasteiger charge is 2.40. The van der Waals surface area contributed by atoms with Crippen molar-refractivity contribution in [3.8, 4) is 16.6 Å². The SMILES string of the molecule is Cc1cc(-c2cc(S(=O)(=O)N3CCC(C#N)(c4ccccc4)CC3)c(C)s2)n[nH]1. The number of aryl methyl sites for hydroxylation is 2. The van der Waals surface area contributed by atoms with E-state index in [4.69, 9.17) is 0 Å². The Balaban J connectivity index is 1.59. The fourth-order valence-electron chi connectivity index (χ4n) is 3.86. The molecule has 4 rings (SSSR count). The third-order valence-electron chi connectivity index (χ3n) is 5.56. The number of sulfonamides is 1. The quantitative estimate of drug-likeness (QED) is 0.683. The molecule has 8 heteroatoms. The molecular formula is C21H22N4O2S2. The zero-order valence-corrected chi connectivity index (χ0v) is 18.0. The normalized spacial score (nSPS) is 17.1. The lowest BCUT2D eigenvalue weighted by Crippen LogP contribution is -2.44. The number of hydrogen-bond acceptors (Lipinski definition) is 5. The number of H-pyrrole nitrogens is 1. The monoisotopic (exact) mass is 426 g/mol. The third kappa shape index (κ3) is 3.50. The lowest BCUT2D eigenvalue weighted by molar-refractivity contribution is 0.277. The van der Waals surface area contributed by atoms with E-state index in [-0.39, 0.29) is 0 Å². The van der Waals surface area contributed by atoms with Crippen LogP contribution in [-0.4, -0.2) is 36.0 Å². The molecule has 3 heterocycles. The second-order valence-corrected chi connectivity index (χ2v) is 10.6. The first-order valence-corrected chi connectivity index (χ1v) is 11.7. The first kappa shape index (κ1) is 19.8. The minimum atomic E-state index is -3.62. The van der Waals surface area contributed by atoms with Gasteiger partial charge in [0.15, 0.2) is 0 Å². The molecule has 1 fully saturated rings. The molecule has 0 bridgehead atoms. The molecule has 1 aliphatic heterocycles. The minimum absolute atomic E-state index is 0.330. The predicted molar refractivity (Wildman–Crippen MR) is 113 cm³/mol. The third-order valence-corrected chi connectivity index (χ3v) is 8.79. The molecule has 0 aliphatic carbocycles. The Morgan fingerprint density at radius 2 is 1.86 bits per heavy atom. The molecule has 0 saturated carbocycles. The fourth-order valence-corrected chi connectivity index (χ4v) is 6.82. The molecule has 150 valence electrons. The van der Waals surface area contributed by atoms with Crippen molar-refractivity contribution in [2.24, 2.45) is 0 Å². The molecule has 29 heavy (non-hydrogen) atoms. The summed E-state index contributed by atoms with van der Waals surface area (Å²) in [6, 6.07) is 15.7. The molecule has 2 aromatic heterocycles. The van der Waals surface area contributed by atoms with E-state index in [9.17, 15) is 13.7 Å². The zero-order valence-electron chi connectivity index (χ0n) is 16.3. The van der Waals surface area contributed by atoms with Crippen LogP contribution >= 0.6 is 11.3 Å². The summed E-state index contributed by atoms with van der Waals surface area (Å²) in [7, 11) is -3.62. The van der Waals surface area contributed by atoms with Crippen LogP contribution in [0.5, 0.6) is 0 Å². The standard InChI is InChI=1S/C21H22N4O2S2/c1-15-12-18(24-23-15)19-13-20(16(2)28-19)29(26,27)25-10-8-21(14-22,9-11-25)17-6-4-3-5-7-17/h3-7,12-13H,8-11H2,1-2H3,(H,23,24). The Bertz CT molecular complexity index is 1160. The predicted octanol–water partition coefficient (Wildman–Crippen LogP) is 4.00. The number of rotatable bonds is 4. The summed E-state index contributed by atoms with van der Waals surface area (Å²) in [5.41, 5.74) is 2.01. The Hall–Kier alpha value is -2.47. The van der Waals surface area contributed by atoms with Gasteiger partial charge in [0.1, 0.15) is 5.69 Å².